The molecule has 0 spiro atoms. The van der Waals surface area contributed by atoms with E-state index in [0.717, 1.165) is 30.8 Å². The third-order valence-corrected chi connectivity index (χ3v) is 4.33. The molecule has 0 saturated heterocycles. The molecule has 23 heavy (non-hydrogen) atoms. The molecule has 2 aromatic rings. The summed E-state index contributed by atoms with van der Waals surface area (Å²) in [7, 11) is 0. The normalized spacial score (nSPS) is 13.6. The van der Waals surface area contributed by atoms with Gasteiger partial charge in [-0.25, -0.2) is 0 Å². The van der Waals surface area contributed by atoms with Gasteiger partial charge in [-0.2, -0.15) is 0 Å². The Bertz CT molecular complexity index is 712. The monoisotopic (exact) mass is 310 g/mol. The third-order valence-electron chi connectivity index (χ3n) is 4.33. The van der Waals surface area contributed by atoms with Crippen molar-refractivity contribution in [2.75, 3.05) is 18.1 Å². The zero-order valence-corrected chi connectivity index (χ0v) is 13.7. The van der Waals surface area contributed by atoms with Crippen LogP contribution in [-0.2, 0) is 28.9 Å². The van der Waals surface area contributed by atoms with Gasteiger partial charge in [0, 0.05) is 19.3 Å². The third kappa shape index (κ3) is 3.36. The van der Waals surface area contributed by atoms with Crippen molar-refractivity contribution in [1.82, 2.24) is 4.98 Å². The van der Waals surface area contributed by atoms with E-state index in [-0.39, 0.29) is 5.97 Å². The number of carbonyl (C=O) groups is 1. The lowest BCUT2D eigenvalue weighted by atomic mass is 9.93. The molecule has 0 radical (unpaired) electrons. The first kappa shape index (κ1) is 15.5. The summed E-state index contributed by atoms with van der Waals surface area (Å²) in [6, 6.07) is 10.3. The van der Waals surface area contributed by atoms with Gasteiger partial charge in [-0.3, -0.25) is 9.78 Å². The summed E-state index contributed by atoms with van der Waals surface area (Å²) in [6.45, 7) is 6.09. The Kier molecular flexibility index (Phi) is 4.60. The molecule has 3 rings (SSSR count). The number of aromatic nitrogens is 1. The van der Waals surface area contributed by atoms with Gasteiger partial charge in [-0.1, -0.05) is 18.2 Å². The minimum absolute atomic E-state index is 0.157. The van der Waals surface area contributed by atoms with Crippen LogP contribution in [0.1, 0.15) is 29.3 Å². The van der Waals surface area contributed by atoms with E-state index in [4.69, 9.17) is 4.74 Å². The Morgan fingerprint density at radius 1 is 1.30 bits per heavy atom. The molecule has 1 aliphatic heterocycles. The molecule has 0 bridgehead atoms. The van der Waals surface area contributed by atoms with Crippen LogP contribution in [-0.4, -0.2) is 24.1 Å². The number of benzene rings is 1. The molecule has 0 aliphatic carbocycles. The summed E-state index contributed by atoms with van der Waals surface area (Å²) in [4.78, 5) is 18.6. The highest BCUT2D eigenvalue weighted by molar-refractivity contribution is 5.73. The second kappa shape index (κ2) is 6.82. The molecule has 0 N–H and O–H groups in total. The zero-order chi connectivity index (χ0) is 16.2. The summed E-state index contributed by atoms with van der Waals surface area (Å²) in [6.07, 6.45) is 3.15. The summed E-state index contributed by atoms with van der Waals surface area (Å²) in [5, 5.41) is 0. The standard InChI is InChI=1S/C19H22N2O2/c1-3-23-19(22)12-16-7-4-6-15-9-11-21(13-17(15)16)18-8-5-10-20-14(18)2/h4-8,10H,3,9,11-13H2,1-2H3. The van der Waals surface area contributed by atoms with Gasteiger partial charge in [0.25, 0.3) is 0 Å². The first-order valence-corrected chi connectivity index (χ1v) is 8.11. The number of esters is 1. The molecule has 1 aromatic heterocycles. The predicted molar refractivity (Wildman–Crippen MR) is 90.5 cm³/mol. The van der Waals surface area contributed by atoms with Crippen molar-refractivity contribution in [3.63, 3.8) is 0 Å². The van der Waals surface area contributed by atoms with E-state index in [9.17, 15) is 4.79 Å². The van der Waals surface area contributed by atoms with E-state index < -0.39 is 0 Å². The number of fused-ring (bicyclic) bond motifs is 1. The summed E-state index contributed by atoms with van der Waals surface area (Å²) in [5.74, 6) is -0.157. The smallest absolute Gasteiger partial charge is 0.310 e. The number of hydrogen-bond donors (Lipinski definition) is 0. The second-order valence-electron chi connectivity index (χ2n) is 5.82. The fraction of sp³-hybridized carbons (Fsp3) is 0.368. The number of carbonyl (C=O) groups excluding carboxylic acids is 1. The number of hydrogen-bond acceptors (Lipinski definition) is 4. The Labute approximate surface area is 137 Å². The maximum absolute atomic E-state index is 11.9. The number of rotatable bonds is 4. The highest BCUT2D eigenvalue weighted by Crippen LogP contribution is 2.28. The van der Waals surface area contributed by atoms with Gasteiger partial charge in [0.15, 0.2) is 0 Å². The van der Waals surface area contributed by atoms with Gasteiger partial charge in [0.2, 0.25) is 0 Å². The van der Waals surface area contributed by atoms with Crippen LogP contribution < -0.4 is 4.90 Å². The molecule has 1 aliphatic rings. The van der Waals surface area contributed by atoms with Gasteiger partial charge in [-0.15, -0.1) is 0 Å². The van der Waals surface area contributed by atoms with Crippen LogP contribution in [0.5, 0.6) is 0 Å². The van der Waals surface area contributed by atoms with E-state index in [1.807, 2.05) is 38.2 Å². The largest absolute Gasteiger partial charge is 0.466 e. The molecule has 120 valence electrons. The number of aryl methyl sites for hydroxylation is 1. The molecule has 4 heteroatoms. The van der Waals surface area contributed by atoms with E-state index in [1.165, 1.54) is 16.8 Å². The van der Waals surface area contributed by atoms with Crippen LogP contribution in [0.4, 0.5) is 5.69 Å². The highest BCUT2D eigenvalue weighted by Gasteiger charge is 2.21. The average molecular weight is 310 g/mol. The number of nitrogens with zero attached hydrogens (tertiary/aromatic N) is 2. The molecular formula is C19H22N2O2. The maximum atomic E-state index is 11.9. The van der Waals surface area contributed by atoms with Crippen molar-refractivity contribution >= 4 is 11.7 Å². The van der Waals surface area contributed by atoms with Crippen molar-refractivity contribution in [2.24, 2.45) is 0 Å². The van der Waals surface area contributed by atoms with Gasteiger partial charge in [-0.05, 0) is 49.1 Å². The molecule has 0 atom stereocenters. The first-order chi connectivity index (χ1) is 11.2. The van der Waals surface area contributed by atoms with Crippen LogP contribution in [0.25, 0.3) is 0 Å². The minimum atomic E-state index is -0.157. The fourth-order valence-electron chi connectivity index (χ4n) is 3.20. The van der Waals surface area contributed by atoms with Gasteiger partial charge in [0.1, 0.15) is 0 Å². The molecule has 0 unspecified atom stereocenters. The molecule has 0 amide bonds. The number of ether oxygens (including phenoxy) is 1. The Morgan fingerprint density at radius 2 is 2.17 bits per heavy atom. The summed E-state index contributed by atoms with van der Waals surface area (Å²) < 4.78 is 5.10. The lowest BCUT2D eigenvalue weighted by Gasteiger charge is -2.32. The van der Waals surface area contributed by atoms with Gasteiger partial charge >= 0.3 is 5.97 Å². The quantitative estimate of drug-likeness (QED) is 0.814. The average Bonchev–Trinajstić information content (AvgIpc) is 2.55. The SMILES string of the molecule is CCOC(=O)Cc1cccc2c1CN(c1cccnc1C)CC2. The zero-order valence-electron chi connectivity index (χ0n) is 13.7. The van der Waals surface area contributed by atoms with Crippen molar-refractivity contribution < 1.29 is 9.53 Å². The van der Waals surface area contributed by atoms with E-state index in [1.54, 1.807) is 0 Å². The molecular weight excluding hydrogens is 288 g/mol. The maximum Gasteiger partial charge on any atom is 0.310 e. The van der Waals surface area contributed by atoms with Gasteiger partial charge < -0.3 is 9.64 Å². The Hall–Kier alpha value is -2.36. The molecule has 0 fully saturated rings. The van der Waals surface area contributed by atoms with E-state index >= 15 is 0 Å². The fourth-order valence-corrected chi connectivity index (χ4v) is 3.20. The summed E-state index contributed by atoms with van der Waals surface area (Å²) >= 11 is 0. The van der Waals surface area contributed by atoms with Crippen molar-refractivity contribution in [3.05, 3.63) is 58.9 Å². The highest BCUT2D eigenvalue weighted by atomic mass is 16.5. The van der Waals surface area contributed by atoms with Crippen molar-refractivity contribution in [3.8, 4) is 0 Å². The Balaban J connectivity index is 1.87. The van der Waals surface area contributed by atoms with Crippen molar-refractivity contribution in [2.45, 2.75) is 33.2 Å². The number of pyridine rings is 1. The van der Waals surface area contributed by atoms with Crippen LogP contribution >= 0.6 is 0 Å². The van der Waals surface area contributed by atoms with E-state index in [0.29, 0.717) is 13.0 Å². The minimum Gasteiger partial charge on any atom is -0.466 e. The van der Waals surface area contributed by atoms with Crippen LogP contribution in [0.15, 0.2) is 36.5 Å². The summed E-state index contributed by atoms with van der Waals surface area (Å²) in [5.41, 5.74) is 5.88. The molecule has 2 heterocycles. The van der Waals surface area contributed by atoms with E-state index in [2.05, 4.69) is 22.0 Å². The second-order valence-corrected chi connectivity index (χ2v) is 5.82. The van der Waals surface area contributed by atoms with Crippen molar-refractivity contribution in [1.29, 1.82) is 0 Å². The lowest BCUT2D eigenvalue weighted by molar-refractivity contribution is -0.142. The Morgan fingerprint density at radius 3 is 2.96 bits per heavy atom. The lowest BCUT2D eigenvalue weighted by Crippen LogP contribution is -2.32. The first-order valence-electron chi connectivity index (χ1n) is 8.11. The van der Waals surface area contributed by atoms with Crippen LogP contribution in [0, 0.1) is 6.92 Å². The number of anilines is 1. The predicted octanol–water partition coefficient (Wildman–Crippen LogP) is 3.06. The van der Waals surface area contributed by atoms with Crippen LogP contribution in [0.2, 0.25) is 0 Å². The molecule has 0 saturated carbocycles. The topological polar surface area (TPSA) is 42.4 Å². The van der Waals surface area contributed by atoms with Gasteiger partial charge in [0.05, 0.1) is 24.4 Å². The van der Waals surface area contributed by atoms with Crippen LogP contribution in [0.3, 0.4) is 0 Å². The molecule has 4 nitrogen and oxygen atoms in total. The molecule has 1 aromatic carbocycles.